The van der Waals surface area contributed by atoms with Crippen LogP contribution in [0.15, 0.2) is 48.5 Å². The van der Waals surface area contributed by atoms with Crippen molar-refractivity contribution in [1.82, 2.24) is 0 Å². The summed E-state index contributed by atoms with van der Waals surface area (Å²) in [6, 6.07) is 15.1. The molecule has 0 bridgehead atoms. The number of nitrogens with zero attached hydrogens (tertiary/aromatic N) is 1. The van der Waals surface area contributed by atoms with E-state index in [1.54, 1.807) is 19.1 Å². The lowest BCUT2D eigenvalue weighted by Gasteiger charge is -2.26. The summed E-state index contributed by atoms with van der Waals surface area (Å²) in [6.45, 7) is 0. The van der Waals surface area contributed by atoms with Crippen LogP contribution in [0.25, 0.3) is 0 Å². The fourth-order valence-electron chi connectivity index (χ4n) is 2.00. The van der Waals surface area contributed by atoms with Crippen LogP contribution in [0.4, 0.5) is 11.4 Å². The van der Waals surface area contributed by atoms with Gasteiger partial charge in [0, 0.05) is 0 Å². The quantitative estimate of drug-likeness (QED) is 0.876. The Morgan fingerprint density at radius 1 is 0.900 bits per heavy atom. The maximum absolute atomic E-state index is 5.89. The number of ether oxygens (including phenoxy) is 2. The van der Waals surface area contributed by atoms with Crippen LogP contribution in [0.1, 0.15) is 0 Å². The van der Waals surface area contributed by atoms with Gasteiger partial charge in [-0.1, -0.05) is 24.3 Å². The Bertz CT molecular complexity index is 569. The molecule has 2 N–H and O–H groups in total. The van der Waals surface area contributed by atoms with Gasteiger partial charge in [0.05, 0.1) is 25.6 Å². The van der Waals surface area contributed by atoms with Gasteiger partial charge in [0.2, 0.25) is 0 Å². The number of thiocarbonyl (C=S) groups is 1. The van der Waals surface area contributed by atoms with Crippen LogP contribution in [0.2, 0.25) is 0 Å². The van der Waals surface area contributed by atoms with Crippen LogP contribution in [-0.4, -0.2) is 19.3 Å². The van der Waals surface area contributed by atoms with Crippen LogP contribution >= 0.6 is 12.2 Å². The van der Waals surface area contributed by atoms with Crippen molar-refractivity contribution in [2.24, 2.45) is 5.73 Å². The van der Waals surface area contributed by atoms with Crippen molar-refractivity contribution in [1.29, 1.82) is 0 Å². The van der Waals surface area contributed by atoms with E-state index < -0.39 is 0 Å². The molecule has 4 nitrogen and oxygen atoms in total. The first-order chi connectivity index (χ1) is 9.69. The molecule has 0 aromatic heterocycles. The van der Waals surface area contributed by atoms with Gasteiger partial charge in [0.1, 0.15) is 11.5 Å². The fraction of sp³-hybridized carbons (Fsp3) is 0.133. The van der Waals surface area contributed by atoms with Gasteiger partial charge in [-0.25, -0.2) is 0 Å². The summed E-state index contributed by atoms with van der Waals surface area (Å²) in [6.07, 6.45) is 0. The summed E-state index contributed by atoms with van der Waals surface area (Å²) in [4.78, 5) is 1.73. The van der Waals surface area contributed by atoms with Crippen LogP contribution in [0.5, 0.6) is 11.5 Å². The summed E-state index contributed by atoms with van der Waals surface area (Å²) < 4.78 is 10.7. The van der Waals surface area contributed by atoms with E-state index in [0.29, 0.717) is 11.5 Å². The smallest absolute Gasteiger partial charge is 0.175 e. The predicted molar refractivity (Wildman–Crippen MR) is 84.9 cm³/mol. The minimum atomic E-state index is 0.221. The van der Waals surface area contributed by atoms with Gasteiger partial charge in [-0.3, -0.25) is 4.90 Å². The number of anilines is 2. The van der Waals surface area contributed by atoms with E-state index in [1.807, 2.05) is 48.5 Å². The molecule has 0 unspecified atom stereocenters. The van der Waals surface area contributed by atoms with Crippen LogP contribution < -0.4 is 20.1 Å². The molecule has 20 heavy (non-hydrogen) atoms. The molecule has 0 saturated heterocycles. The van der Waals surface area contributed by atoms with E-state index in [2.05, 4.69) is 0 Å². The molecule has 104 valence electrons. The van der Waals surface area contributed by atoms with Crippen molar-refractivity contribution in [3.63, 3.8) is 0 Å². The van der Waals surface area contributed by atoms with Gasteiger partial charge in [-0.2, -0.15) is 0 Å². The zero-order valence-electron chi connectivity index (χ0n) is 11.4. The van der Waals surface area contributed by atoms with Gasteiger partial charge in [-0.15, -0.1) is 0 Å². The third-order valence-corrected chi connectivity index (χ3v) is 3.06. The lowest BCUT2D eigenvalue weighted by Crippen LogP contribution is -2.31. The average molecular weight is 288 g/mol. The minimum absolute atomic E-state index is 0.221. The molecule has 2 aromatic carbocycles. The average Bonchev–Trinajstić information content (AvgIpc) is 2.48. The Kier molecular flexibility index (Phi) is 4.42. The molecule has 0 aliphatic heterocycles. The standard InChI is InChI=1S/C15H16N2O2S/c1-18-13-9-5-3-7-11(13)17(15(16)20)12-8-4-6-10-14(12)19-2/h3-10H,1-2H3,(H2,16,20). The maximum atomic E-state index is 5.89. The molecule has 0 fully saturated rings. The third-order valence-electron chi connectivity index (χ3n) is 2.87. The first-order valence-electron chi connectivity index (χ1n) is 6.04. The molecular formula is C15H16N2O2S. The van der Waals surface area contributed by atoms with Gasteiger partial charge in [0.25, 0.3) is 0 Å². The van der Waals surface area contributed by atoms with Crippen molar-refractivity contribution < 1.29 is 9.47 Å². The Hall–Kier alpha value is -2.27. The van der Waals surface area contributed by atoms with E-state index >= 15 is 0 Å². The highest BCUT2D eigenvalue weighted by Crippen LogP contribution is 2.37. The molecule has 0 aliphatic carbocycles. The first-order valence-corrected chi connectivity index (χ1v) is 6.45. The van der Waals surface area contributed by atoms with E-state index in [0.717, 1.165) is 11.4 Å². The number of benzene rings is 2. The SMILES string of the molecule is COc1ccccc1N(C(N)=S)c1ccccc1OC. The number of rotatable bonds is 4. The maximum Gasteiger partial charge on any atom is 0.175 e. The molecule has 5 heteroatoms. The molecule has 0 saturated carbocycles. The third kappa shape index (κ3) is 2.67. The molecular weight excluding hydrogens is 272 g/mol. The van der Waals surface area contributed by atoms with Gasteiger partial charge < -0.3 is 15.2 Å². The Labute approximate surface area is 123 Å². The number of hydrogen-bond acceptors (Lipinski definition) is 3. The van der Waals surface area contributed by atoms with Crippen molar-refractivity contribution >= 4 is 28.7 Å². The highest BCUT2D eigenvalue weighted by Gasteiger charge is 2.19. The highest BCUT2D eigenvalue weighted by molar-refractivity contribution is 7.80. The number of hydrogen-bond donors (Lipinski definition) is 1. The largest absolute Gasteiger partial charge is 0.495 e. The fourth-order valence-corrected chi connectivity index (χ4v) is 2.19. The second kappa shape index (κ2) is 6.25. The van der Waals surface area contributed by atoms with E-state index in [-0.39, 0.29) is 5.11 Å². The van der Waals surface area contributed by atoms with Gasteiger partial charge in [0.15, 0.2) is 5.11 Å². The lowest BCUT2D eigenvalue weighted by molar-refractivity contribution is 0.413. The van der Waals surface area contributed by atoms with Crippen molar-refractivity contribution in [3.8, 4) is 11.5 Å². The Morgan fingerprint density at radius 3 is 1.65 bits per heavy atom. The Balaban J connectivity index is 2.60. The van der Waals surface area contributed by atoms with E-state index in [1.165, 1.54) is 0 Å². The van der Waals surface area contributed by atoms with Crippen molar-refractivity contribution in [2.45, 2.75) is 0 Å². The molecule has 0 atom stereocenters. The molecule has 0 spiro atoms. The zero-order valence-corrected chi connectivity index (χ0v) is 12.2. The molecule has 2 rings (SSSR count). The van der Waals surface area contributed by atoms with Gasteiger partial charge in [-0.05, 0) is 36.5 Å². The molecule has 0 heterocycles. The summed E-state index contributed by atoms with van der Waals surface area (Å²) in [7, 11) is 3.22. The molecule has 2 aromatic rings. The topological polar surface area (TPSA) is 47.7 Å². The summed E-state index contributed by atoms with van der Waals surface area (Å²) in [5, 5.41) is 0.221. The van der Waals surface area contributed by atoms with Gasteiger partial charge >= 0.3 is 0 Å². The summed E-state index contributed by atoms with van der Waals surface area (Å²) in [5.74, 6) is 1.37. The number of para-hydroxylation sites is 4. The second-order valence-corrected chi connectivity index (χ2v) is 4.44. The summed E-state index contributed by atoms with van der Waals surface area (Å²) >= 11 is 5.19. The second-order valence-electron chi connectivity index (χ2n) is 4.02. The monoisotopic (exact) mass is 288 g/mol. The molecule has 0 radical (unpaired) electrons. The van der Waals surface area contributed by atoms with Crippen LogP contribution in [-0.2, 0) is 0 Å². The van der Waals surface area contributed by atoms with E-state index in [4.69, 9.17) is 27.4 Å². The predicted octanol–water partition coefficient (Wildman–Crippen LogP) is 3.09. The zero-order chi connectivity index (χ0) is 14.5. The Morgan fingerprint density at radius 2 is 1.30 bits per heavy atom. The van der Waals surface area contributed by atoms with Crippen LogP contribution in [0.3, 0.4) is 0 Å². The van der Waals surface area contributed by atoms with E-state index in [9.17, 15) is 0 Å². The number of nitrogens with two attached hydrogens (primary N) is 1. The normalized spacial score (nSPS) is 9.90. The van der Waals surface area contributed by atoms with Crippen LogP contribution in [0, 0.1) is 0 Å². The lowest BCUT2D eigenvalue weighted by atomic mass is 10.2. The molecule has 0 aliphatic rings. The molecule has 0 amide bonds. The minimum Gasteiger partial charge on any atom is -0.495 e. The summed E-state index contributed by atoms with van der Waals surface area (Å²) in [5.41, 5.74) is 7.43. The number of methoxy groups -OCH3 is 2. The van der Waals surface area contributed by atoms with Crippen molar-refractivity contribution in [3.05, 3.63) is 48.5 Å². The van der Waals surface area contributed by atoms with Crippen molar-refractivity contribution in [2.75, 3.05) is 19.1 Å². The first kappa shape index (κ1) is 14.1. The highest BCUT2D eigenvalue weighted by atomic mass is 32.1.